The fourth-order valence-electron chi connectivity index (χ4n) is 2.85. The molecule has 2 aromatic rings. The van der Waals surface area contributed by atoms with Crippen LogP contribution >= 0.6 is 0 Å². The van der Waals surface area contributed by atoms with E-state index in [9.17, 15) is 15.0 Å². The zero-order chi connectivity index (χ0) is 20.3. The van der Waals surface area contributed by atoms with Crippen molar-refractivity contribution in [2.24, 2.45) is 4.99 Å². The smallest absolute Gasteiger partial charge is 0.280 e. The predicted octanol–water partition coefficient (Wildman–Crippen LogP) is -1.11. The van der Waals surface area contributed by atoms with E-state index >= 15 is 0 Å². The quantitative estimate of drug-likeness (QED) is 0.302. The number of aliphatic imine (C=N–C) groups is 1. The first kappa shape index (κ1) is 19.9. The number of hydrogen-bond acceptors (Lipinski definition) is 9. The first-order valence-corrected chi connectivity index (χ1v) is 8.56. The van der Waals surface area contributed by atoms with Gasteiger partial charge in [0.1, 0.15) is 18.3 Å². The second-order valence-electron chi connectivity index (χ2n) is 6.40. The average molecular weight is 391 g/mol. The normalized spacial score (nSPS) is 24.8. The van der Waals surface area contributed by atoms with Gasteiger partial charge >= 0.3 is 0 Å². The van der Waals surface area contributed by atoms with Crippen LogP contribution in [0.5, 0.6) is 0 Å². The molecular formula is C16H21N7O5. The summed E-state index contributed by atoms with van der Waals surface area (Å²) in [6.45, 7) is -0.343. The maximum Gasteiger partial charge on any atom is 0.280 e. The van der Waals surface area contributed by atoms with E-state index in [0.717, 1.165) is 0 Å². The number of aliphatic hydroxyl groups excluding tert-OH is 2. The molecule has 0 aromatic carbocycles. The number of hydrogen-bond donors (Lipinski definition) is 3. The molecule has 3 rings (SSSR count). The number of nitrogens with one attached hydrogen (secondary N) is 1. The number of rotatable bonds is 7. The standard InChI is InChI=1S/C16H21N7O5/c1-22(2)7-19-16-20-13-10(14(26)21-16)18-8-23(13)15-12(27-5-3-4-17)11(25)9(6-24)28-15/h7-9,11-12,15,24-25H,3,5-6H2,1-2H3,(H,20,21,26)/t9-,11?,12+,15-/m1/s1. The molecule has 150 valence electrons. The minimum atomic E-state index is -1.13. The number of aliphatic hydroxyl groups is 2. The van der Waals surface area contributed by atoms with Crippen LogP contribution < -0.4 is 5.56 Å². The summed E-state index contributed by atoms with van der Waals surface area (Å²) in [7, 11) is 3.55. The number of fused-ring (bicyclic) bond motifs is 1. The summed E-state index contributed by atoms with van der Waals surface area (Å²) >= 11 is 0. The van der Waals surface area contributed by atoms with Crippen molar-refractivity contribution in [3.8, 4) is 6.07 Å². The van der Waals surface area contributed by atoms with Gasteiger partial charge in [-0.25, -0.2) is 9.98 Å². The van der Waals surface area contributed by atoms with Gasteiger partial charge in [0.2, 0.25) is 5.95 Å². The third kappa shape index (κ3) is 3.87. The van der Waals surface area contributed by atoms with Crippen LogP contribution in [0.3, 0.4) is 0 Å². The van der Waals surface area contributed by atoms with Gasteiger partial charge in [0.15, 0.2) is 17.4 Å². The van der Waals surface area contributed by atoms with E-state index in [4.69, 9.17) is 14.7 Å². The Kier molecular flexibility index (Phi) is 6.00. The van der Waals surface area contributed by atoms with Crippen molar-refractivity contribution in [1.82, 2.24) is 24.4 Å². The van der Waals surface area contributed by atoms with Crippen molar-refractivity contribution in [3.05, 3.63) is 16.7 Å². The molecule has 0 aliphatic carbocycles. The lowest BCUT2D eigenvalue weighted by Crippen LogP contribution is -2.35. The zero-order valence-electron chi connectivity index (χ0n) is 15.4. The Morgan fingerprint density at radius 1 is 1.57 bits per heavy atom. The molecule has 3 N–H and O–H groups in total. The highest BCUT2D eigenvalue weighted by Gasteiger charge is 2.45. The lowest BCUT2D eigenvalue weighted by molar-refractivity contribution is -0.0693. The van der Waals surface area contributed by atoms with E-state index in [2.05, 4.69) is 19.9 Å². The molecule has 1 saturated heterocycles. The number of nitriles is 1. The second kappa shape index (κ2) is 8.44. The lowest BCUT2D eigenvalue weighted by Gasteiger charge is -2.21. The molecule has 1 aliphatic heterocycles. The van der Waals surface area contributed by atoms with E-state index in [-0.39, 0.29) is 30.1 Å². The lowest BCUT2D eigenvalue weighted by atomic mass is 10.1. The van der Waals surface area contributed by atoms with Crippen molar-refractivity contribution >= 4 is 23.5 Å². The maximum atomic E-state index is 12.3. The first-order valence-electron chi connectivity index (χ1n) is 8.56. The molecule has 1 aliphatic rings. The SMILES string of the molecule is CN(C)C=Nc1nc2c(ncn2[C@@H]2O[C@H](CO)C(O)[C@@H]2OCCC#N)c(=O)[nH]1. The minimum Gasteiger partial charge on any atom is -0.394 e. The Hall–Kier alpha value is -2.85. The Labute approximate surface area is 159 Å². The Bertz CT molecular complexity index is 947. The third-order valence-corrected chi connectivity index (χ3v) is 4.12. The fraction of sp³-hybridized carbons (Fsp3) is 0.562. The van der Waals surface area contributed by atoms with E-state index in [1.807, 2.05) is 6.07 Å². The van der Waals surface area contributed by atoms with Gasteiger partial charge in [-0.05, 0) is 0 Å². The van der Waals surface area contributed by atoms with E-state index < -0.39 is 36.7 Å². The number of ether oxygens (including phenoxy) is 2. The molecule has 1 fully saturated rings. The largest absolute Gasteiger partial charge is 0.394 e. The predicted molar refractivity (Wildman–Crippen MR) is 97.0 cm³/mol. The van der Waals surface area contributed by atoms with Crippen LogP contribution in [0.1, 0.15) is 12.6 Å². The highest BCUT2D eigenvalue weighted by Crippen LogP contribution is 2.33. The van der Waals surface area contributed by atoms with Crippen LogP contribution in [0.2, 0.25) is 0 Å². The third-order valence-electron chi connectivity index (χ3n) is 4.12. The van der Waals surface area contributed by atoms with Crippen LogP contribution in [0.4, 0.5) is 5.95 Å². The summed E-state index contributed by atoms with van der Waals surface area (Å²) in [5, 5.41) is 28.6. The topological polar surface area (TPSA) is 162 Å². The van der Waals surface area contributed by atoms with Crippen LogP contribution in [0.25, 0.3) is 11.2 Å². The summed E-state index contributed by atoms with van der Waals surface area (Å²) in [5.74, 6) is 0.0761. The summed E-state index contributed by atoms with van der Waals surface area (Å²) in [6, 6.07) is 1.96. The molecule has 12 nitrogen and oxygen atoms in total. The summed E-state index contributed by atoms with van der Waals surface area (Å²) in [5.41, 5.74) is -0.210. The number of aromatic amines is 1. The van der Waals surface area contributed by atoms with Crippen LogP contribution in [-0.4, -0.2) is 86.6 Å². The average Bonchev–Trinajstić information content (AvgIpc) is 3.22. The molecule has 12 heteroatoms. The van der Waals surface area contributed by atoms with Crippen LogP contribution in [0.15, 0.2) is 16.1 Å². The van der Waals surface area contributed by atoms with E-state index in [1.165, 1.54) is 17.2 Å². The van der Waals surface area contributed by atoms with E-state index in [1.54, 1.807) is 19.0 Å². The monoisotopic (exact) mass is 391 g/mol. The molecule has 28 heavy (non-hydrogen) atoms. The molecule has 0 bridgehead atoms. The molecule has 0 amide bonds. The van der Waals surface area contributed by atoms with Gasteiger partial charge in [-0.1, -0.05) is 0 Å². The van der Waals surface area contributed by atoms with Gasteiger partial charge in [0.25, 0.3) is 5.56 Å². The number of nitrogens with zero attached hydrogens (tertiary/aromatic N) is 6. The number of aromatic nitrogens is 4. The Morgan fingerprint density at radius 2 is 2.36 bits per heavy atom. The van der Waals surface area contributed by atoms with Crippen molar-refractivity contribution in [1.29, 1.82) is 5.26 Å². The summed E-state index contributed by atoms with van der Waals surface area (Å²) < 4.78 is 12.8. The Morgan fingerprint density at radius 3 is 3.04 bits per heavy atom. The van der Waals surface area contributed by atoms with Gasteiger partial charge in [-0.2, -0.15) is 10.2 Å². The van der Waals surface area contributed by atoms with E-state index in [0.29, 0.717) is 0 Å². The number of imidazole rings is 1. The van der Waals surface area contributed by atoms with Gasteiger partial charge < -0.3 is 24.6 Å². The highest BCUT2D eigenvalue weighted by molar-refractivity contribution is 5.71. The Balaban J connectivity index is 2.00. The highest BCUT2D eigenvalue weighted by atomic mass is 16.6. The molecule has 1 unspecified atom stereocenters. The minimum absolute atomic E-state index is 0.0742. The van der Waals surface area contributed by atoms with Crippen molar-refractivity contribution < 1.29 is 19.7 Å². The molecular weight excluding hydrogens is 370 g/mol. The van der Waals surface area contributed by atoms with Gasteiger partial charge in [-0.3, -0.25) is 14.3 Å². The van der Waals surface area contributed by atoms with Crippen molar-refractivity contribution in [2.75, 3.05) is 27.3 Å². The molecule has 3 heterocycles. The molecule has 2 aromatic heterocycles. The van der Waals surface area contributed by atoms with Gasteiger partial charge in [-0.15, -0.1) is 0 Å². The maximum absolute atomic E-state index is 12.3. The van der Waals surface area contributed by atoms with Crippen molar-refractivity contribution in [2.45, 2.75) is 31.0 Å². The first-order chi connectivity index (χ1) is 13.5. The van der Waals surface area contributed by atoms with Crippen molar-refractivity contribution in [3.63, 3.8) is 0 Å². The van der Waals surface area contributed by atoms with Gasteiger partial charge in [0.05, 0.1) is 38.4 Å². The number of H-pyrrole nitrogens is 1. The molecule has 4 atom stereocenters. The molecule has 0 saturated carbocycles. The van der Waals surface area contributed by atoms with Crippen LogP contribution in [0, 0.1) is 11.3 Å². The molecule has 0 radical (unpaired) electrons. The second-order valence-corrected chi connectivity index (χ2v) is 6.40. The summed E-state index contributed by atoms with van der Waals surface area (Å²) in [4.78, 5) is 29.0. The zero-order valence-corrected chi connectivity index (χ0v) is 15.4. The summed E-state index contributed by atoms with van der Waals surface area (Å²) in [6.07, 6.45) is -0.817. The van der Waals surface area contributed by atoms with Gasteiger partial charge in [0, 0.05) is 14.1 Å². The fourth-order valence-corrected chi connectivity index (χ4v) is 2.85. The van der Waals surface area contributed by atoms with Crippen LogP contribution in [-0.2, 0) is 9.47 Å². The molecule has 0 spiro atoms.